The molecule has 0 aliphatic carbocycles. The summed E-state index contributed by atoms with van der Waals surface area (Å²) in [5, 5.41) is 9.21. The number of nitrogens with two attached hydrogens (primary N) is 3. The van der Waals surface area contributed by atoms with Crippen LogP contribution in [0.4, 0.5) is 5.69 Å². The van der Waals surface area contributed by atoms with E-state index in [1.54, 1.807) is 6.20 Å². The van der Waals surface area contributed by atoms with E-state index in [1.807, 2.05) is 23.1 Å². The number of halogens is 3. The summed E-state index contributed by atoms with van der Waals surface area (Å²) in [7, 11) is 0. The van der Waals surface area contributed by atoms with Gasteiger partial charge in [-0.3, -0.25) is 9.89 Å². The molecule has 0 bridgehead atoms. The highest BCUT2D eigenvalue weighted by molar-refractivity contribution is 6.26. The van der Waals surface area contributed by atoms with Crippen LogP contribution < -0.4 is 22.1 Å². The zero-order valence-corrected chi connectivity index (χ0v) is 23.0. The molecule has 1 aliphatic heterocycles. The van der Waals surface area contributed by atoms with Gasteiger partial charge in [0.15, 0.2) is 0 Å². The highest BCUT2D eigenvalue weighted by atomic mass is 35.5. The highest BCUT2D eigenvalue weighted by Gasteiger charge is 2.30. The molecular weight excluding hydrogens is 519 g/mol. The topological polar surface area (TPSA) is 127 Å². The summed E-state index contributed by atoms with van der Waals surface area (Å²) in [5.41, 5.74) is 21.9. The molecule has 10 heteroatoms. The van der Waals surface area contributed by atoms with Crippen LogP contribution in [-0.2, 0) is 0 Å². The molecule has 2 aromatic carbocycles. The van der Waals surface area contributed by atoms with Crippen molar-refractivity contribution in [3.05, 3.63) is 48.2 Å². The number of amides is 1. The zero-order chi connectivity index (χ0) is 23.2. The number of nitrogens with one attached hydrogen (secondary N) is 1. The van der Waals surface area contributed by atoms with E-state index < -0.39 is 0 Å². The SMILES string of the molecule is Cl.Cl.Cl.NCCCCC(N)CCCC(N)CCCN1C(=O)c2cccc3c(-c4ccn[nH]4)ccc1c23. The number of hydrogen-bond donors (Lipinski definition) is 4. The minimum Gasteiger partial charge on any atom is -0.330 e. The van der Waals surface area contributed by atoms with Gasteiger partial charge < -0.3 is 22.1 Å². The molecule has 4 rings (SSSR count). The number of anilines is 1. The van der Waals surface area contributed by atoms with Crippen molar-refractivity contribution in [3.8, 4) is 11.3 Å². The number of hydrogen-bond acceptors (Lipinski definition) is 5. The number of aromatic amines is 1. The monoisotopic (exact) mass is 556 g/mol. The van der Waals surface area contributed by atoms with E-state index in [1.165, 1.54) is 0 Å². The van der Waals surface area contributed by atoms with Crippen LogP contribution in [0, 0.1) is 0 Å². The van der Waals surface area contributed by atoms with Crippen LogP contribution in [0.25, 0.3) is 22.0 Å². The van der Waals surface area contributed by atoms with Gasteiger partial charge in [-0.2, -0.15) is 5.10 Å². The molecule has 0 fully saturated rings. The summed E-state index contributed by atoms with van der Waals surface area (Å²) in [6.07, 6.45) is 9.75. The molecule has 2 heterocycles. The number of rotatable bonds is 13. The van der Waals surface area contributed by atoms with Crippen molar-refractivity contribution in [2.75, 3.05) is 18.0 Å². The van der Waals surface area contributed by atoms with E-state index in [0.29, 0.717) is 6.54 Å². The summed E-state index contributed by atoms with van der Waals surface area (Å²) in [4.78, 5) is 15.1. The molecule has 200 valence electrons. The maximum atomic E-state index is 13.2. The Morgan fingerprint density at radius 2 is 1.53 bits per heavy atom. The maximum Gasteiger partial charge on any atom is 0.258 e. The fourth-order valence-electron chi connectivity index (χ4n) is 4.90. The van der Waals surface area contributed by atoms with Crippen molar-refractivity contribution < 1.29 is 4.79 Å². The molecule has 2 unspecified atom stereocenters. The van der Waals surface area contributed by atoms with Crippen LogP contribution in [0.1, 0.15) is 61.7 Å². The molecule has 0 radical (unpaired) electrons. The lowest BCUT2D eigenvalue weighted by Gasteiger charge is -2.20. The molecular formula is C26H39Cl3N6O. The number of carbonyl (C=O) groups is 1. The number of carbonyl (C=O) groups excluding carboxylic acids is 1. The Bertz CT molecular complexity index is 1080. The van der Waals surface area contributed by atoms with Gasteiger partial charge in [-0.15, -0.1) is 37.2 Å². The molecule has 0 spiro atoms. The van der Waals surface area contributed by atoms with E-state index in [9.17, 15) is 4.79 Å². The molecule has 2 atom stereocenters. The zero-order valence-electron chi connectivity index (χ0n) is 20.5. The summed E-state index contributed by atoms with van der Waals surface area (Å²) in [6, 6.07) is 12.4. The normalized spacial score (nSPS) is 13.6. The first-order chi connectivity index (χ1) is 16.1. The van der Waals surface area contributed by atoms with Gasteiger partial charge in [-0.1, -0.05) is 31.0 Å². The Labute approximate surface area is 232 Å². The van der Waals surface area contributed by atoms with Crippen LogP contribution >= 0.6 is 37.2 Å². The van der Waals surface area contributed by atoms with Gasteiger partial charge >= 0.3 is 0 Å². The van der Waals surface area contributed by atoms with Gasteiger partial charge in [0.2, 0.25) is 0 Å². The summed E-state index contributed by atoms with van der Waals surface area (Å²) in [5.74, 6) is 0.0781. The Kier molecular flexibility index (Phi) is 13.8. The average Bonchev–Trinajstić information content (AvgIpc) is 3.44. The highest BCUT2D eigenvalue weighted by Crippen LogP contribution is 2.41. The van der Waals surface area contributed by atoms with Gasteiger partial charge in [0.05, 0.1) is 11.4 Å². The smallest absolute Gasteiger partial charge is 0.258 e. The van der Waals surface area contributed by atoms with E-state index in [2.05, 4.69) is 28.4 Å². The van der Waals surface area contributed by atoms with Crippen molar-refractivity contribution in [1.82, 2.24) is 10.2 Å². The Hall–Kier alpha value is -1.87. The number of aromatic nitrogens is 2. The van der Waals surface area contributed by atoms with Gasteiger partial charge in [0.1, 0.15) is 0 Å². The van der Waals surface area contributed by atoms with Crippen LogP contribution in [0.2, 0.25) is 0 Å². The molecule has 1 amide bonds. The second kappa shape index (κ2) is 15.4. The largest absolute Gasteiger partial charge is 0.330 e. The summed E-state index contributed by atoms with van der Waals surface area (Å²) >= 11 is 0. The molecule has 0 saturated carbocycles. The van der Waals surface area contributed by atoms with Gasteiger partial charge in [-0.25, -0.2) is 0 Å². The molecule has 7 N–H and O–H groups in total. The fraction of sp³-hybridized carbons (Fsp3) is 0.462. The van der Waals surface area contributed by atoms with E-state index in [-0.39, 0.29) is 55.2 Å². The minimum atomic E-state index is 0. The predicted octanol–water partition coefficient (Wildman–Crippen LogP) is 5.19. The van der Waals surface area contributed by atoms with Crippen LogP contribution in [0.5, 0.6) is 0 Å². The summed E-state index contributed by atoms with van der Waals surface area (Å²) < 4.78 is 0. The predicted molar refractivity (Wildman–Crippen MR) is 157 cm³/mol. The van der Waals surface area contributed by atoms with E-state index in [0.717, 1.165) is 91.2 Å². The van der Waals surface area contributed by atoms with Crippen LogP contribution in [0.3, 0.4) is 0 Å². The van der Waals surface area contributed by atoms with Gasteiger partial charge in [0.25, 0.3) is 5.91 Å². The number of nitrogens with zero attached hydrogens (tertiary/aromatic N) is 2. The van der Waals surface area contributed by atoms with Crippen molar-refractivity contribution in [2.45, 2.75) is 63.5 Å². The first kappa shape index (κ1) is 32.2. The average molecular weight is 558 g/mol. The first-order valence-corrected chi connectivity index (χ1v) is 12.2. The minimum absolute atomic E-state index is 0. The van der Waals surface area contributed by atoms with Crippen LogP contribution in [-0.4, -0.2) is 41.3 Å². The van der Waals surface area contributed by atoms with Gasteiger partial charge in [0, 0.05) is 41.3 Å². The number of unbranched alkanes of at least 4 members (excludes halogenated alkanes) is 1. The van der Waals surface area contributed by atoms with E-state index >= 15 is 0 Å². The maximum absolute atomic E-state index is 13.2. The third kappa shape index (κ3) is 7.34. The second-order valence-electron chi connectivity index (χ2n) is 9.17. The van der Waals surface area contributed by atoms with E-state index in [4.69, 9.17) is 17.2 Å². The lowest BCUT2D eigenvalue weighted by atomic mass is 9.99. The molecule has 7 nitrogen and oxygen atoms in total. The fourth-order valence-corrected chi connectivity index (χ4v) is 4.90. The first-order valence-electron chi connectivity index (χ1n) is 12.2. The molecule has 36 heavy (non-hydrogen) atoms. The Morgan fingerprint density at radius 3 is 2.19 bits per heavy atom. The summed E-state index contributed by atoms with van der Waals surface area (Å²) in [6.45, 7) is 1.42. The number of H-pyrrole nitrogens is 1. The van der Waals surface area contributed by atoms with Crippen molar-refractivity contribution in [1.29, 1.82) is 0 Å². The van der Waals surface area contributed by atoms with Crippen molar-refractivity contribution in [3.63, 3.8) is 0 Å². The quantitative estimate of drug-likeness (QED) is 0.215. The lowest BCUT2D eigenvalue weighted by Crippen LogP contribution is -2.29. The van der Waals surface area contributed by atoms with Crippen LogP contribution in [0.15, 0.2) is 42.6 Å². The standard InChI is InChI=1S/C26H36N6O.3ClH/c27-15-2-1-6-18(28)7-3-8-19(29)9-5-17-32-24-13-12-20(23-14-16-30-31-23)21-10-4-11-22(25(21)24)26(32)33;;;/h4,10-14,16,18-19H,1-3,5-9,15,17,27-29H2,(H,30,31);3*1H. The molecule has 0 saturated heterocycles. The third-order valence-electron chi connectivity index (χ3n) is 6.71. The molecule has 3 aromatic rings. The Balaban J connectivity index is 0.00000216. The number of benzene rings is 2. The third-order valence-corrected chi connectivity index (χ3v) is 6.71. The van der Waals surface area contributed by atoms with Crippen molar-refractivity contribution >= 4 is 59.6 Å². The Morgan fingerprint density at radius 1 is 0.833 bits per heavy atom. The molecule has 1 aromatic heterocycles. The van der Waals surface area contributed by atoms with Gasteiger partial charge in [-0.05, 0) is 68.7 Å². The lowest BCUT2D eigenvalue weighted by molar-refractivity contribution is 0.0992. The molecule has 1 aliphatic rings. The van der Waals surface area contributed by atoms with Crippen molar-refractivity contribution in [2.24, 2.45) is 17.2 Å². The second-order valence-corrected chi connectivity index (χ2v) is 9.17.